The number of carbonyl (C=O) groups is 1. The van der Waals surface area contributed by atoms with Crippen molar-refractivity contribution in [3.05, 3.63) is 0 Å². The average molecular weight is 166 g/mol. The lowest BCUT2D eigenvalue weighted by molar-refractivity contribution is -0.138. The van der Waals surface area contributed by atoms with Gasteiger partial charge in [0, 0.05) is 5.38 Å². The Morgan fingerprint density at radius 3 is 2.60 bits per heavy atom. The van der Waals surface area contributed by atoms with E-state index in [9.17, 15) is 4.79 Å². The summed E-state index contributed by atoms with van der Waals surface area (Å²) in [5, 5.41) is 8.22. The first kappa shape index (κ1) is 9.72. The van der Waals surface area contributed by atoms with E-state index in [4.69, 9.17) is 22.4 Å². The molecule has 0 aromatic rings. The quantitative estimate of drug-likeness (QED) is 0.606. The third-order valence-electron chi connectivity index (χ3n) is 1.27. The van der Waals surface area contributed by atoms with Gasteiger partial charge in [-0.25, -0.2) is 0 Å². The molecule has 0 bridgehead atoms. The van der Waals surface area contributed by atoms with Crippen molar-refractivity contribution in [3.63, 3.8) is 0 Å². The minimum Gasteiger partial charge on any atom is -0.480 e. The fourth-order valence-electron chi connectivity index (χ4n) is 0.543. The van der Waals surface area contributed by atoms with Crippen molar-refractivity contribution >= 4 is 17.6 Å². The molecule has 4 heteroatoms. The van der Waals surface area contributed by atoms with E-state index in [1.807, 2.05) is 6.92 Å². The first-order valence-corrected chi connectivity index (χ1v) is 3.64. The van der Waals surface area contributed by atoms with Crippen LogP contribution in [0, 0.1) is 0 Å². The molecule has 0 saturated heterocycles. The zero-order valence-electron chi connectivity index (χ0n) is 5.88. The molecule has 2 unspecified atom stereocenters. The summed E-state index contributed by atoms with van der Waals surface area (Å²) in [6, 6.07) is -0.817. The minimum absolute atomic E-state index is 0.119. The van der Waals surface area contributed by atoms with E-state index < -0.39 is 12.0 Å². The number of halogens is 1. The first-order valence-electron chi connectivity index (χ1n) is 3.20. The molecule has 0 saturated carbocycles. The van der Waals surface area contributed by atoms with Crippen molar-refractivity contribution in [3.8, 4) is 0 Å². The molecule has 0 aliphatic rings. The highest BCUT2D eigenvalue weighted by molar-refractivity contribution is 6.20. The molecule has 3 N–H and O–H groups in total. The molecule has 0 spiro atoms. The monoisotopic (exact) mass is 165 g/mol. The average Bonchev–Trinajstić information content (AvgIpc) is 1.87. The molecule has 10 heavy (non-hydrogen) atoms. The van der Waals surface area contributed by atoms with Gasteiger partial charge >= 0.3 is 5.97 Å². The van der Waals surface area contributed by atoms with Gasteiger partial charge in [-0.05, 0) is 12.8 Å². The highest BCUT2D eigenvalue weighted by Crippen LogP contribution is 2.07. The molecule has 0 amide bonds. The van der Waals surface area contributed by atoms with Gasteiger partial charge in [-0.15, -0.1) is 11.6 Å². The van der Waals surface area contributed by atoms with E-state index in [0.29, 0.717) is 6.42 Å². The molecule has 0 aliphatic heterocycles. The van der Waals surface area contributed by atoms with Crippen molar-refractivity contribution in [1.29, 1.82) is 0 Å². The molecule has 0 heterocycles. The Bertz CT molecular complexity index is 118. The normalized spacial score (nSPS) is 16.3. The van der Waals surface area contributed by atoms with Gasteiger partial charge in [-0.2, -0.15) is 0 Å². The molecule has 3 nitrogen and oxygen atoms in total. The number of hydrogen-bond acceptors (Lipinski definition) is 2. The highest BCUT2D eigenvalue weighted by Gasteiger charge is 2.14. The van der Waals surface area contributed by atoms with Gasteiger partial charge in [-0.1, -0.05) is 6.92 Å². The first-order chi connectivity index (χ1) is 4.57. The van der Waals surface area contributed by atoms with Crippen LogP contribution in [-0.4, -0.2) is 22.5 Å². The van der Waals surface area contributed by atoms with Gasteiger partial charge < -0.3 is 10.8 Å². The van der Waals surface area contributed by atoms with Crippen LogP contribution in [0.25, 0.3) is 0 Å². The number of hydrogen-bond donors (Lipinski definition) is 2. The van der Waals surface area contributed by atoms with E-state index in [2.05, 4.69) is 0 Å². The number of alkyl halides is 1. The van der Waals surface area contributed by atoms with Crippen LogP contribution < -0.4 is 5.73 Å². The number of carboxylic acid groups (broad SMARTS) is 1. The van der Waals surface area contributed by atoms with Gasteiger partial charge in [0.25, 0.3) is 0 Å². The summed E-state index contributed by atoms with van der Waals surface area (Å²) in [5.74, 6) is -0.987. The Morgan fingerprint density at radius 1 is 1.80 bits per heavy atom. The van der Waals surface area contributed by atoms with E-state index in [1.165, 1.54) is 0 Å². The second-order valence-electron chi connectivity index (χ2n) is 2.19. The lowest BCUT2D eigenvalue weighted by Crippen LogP contribution is -2.32. The predicted octanol–water partition coefficient (Wildman–Crippen LogP) is 0.806. The zero-order valence-corrected chi connectivity index (χ0v) is 6.64. The third kappa shape index (κ3) is 3.69. The molecular weight excluding hydrogens is 154 g/mol. The Hall–Kier alpha value is -0.280. The Balaban J connectivity index is 3.56. The predicted molar refractivity (Wildman–Crippen MR) is 40.2 cm³/mol. The van der Waals surface area contributed by atoms with Crippen LogP contribution in [0.15, 0.2) is 0 Å². The van der Waals surface area contributed by atoms with Crippen molar-refractivity contribution < 1.29 is 9.90 Å². The van der Waals surface area contributed by atoms with Crippen LogP contribution in [0.5, 0.6) is 0 Å². The second kappa shape index (κ2) is 4.52. The number of nitrogens with two attached hydrogens (primary N) is 1. The van der Waals surface area contributed by atoms with Gasteiger partial charge in [0.15, 0.2) is 0 Å². The summed E-state index contributed by atoms with van der Waals surface area (Å²) in [6.45, 7) is 1.90. The molecular formula is C6H12ClNO2. The smallest absolute Gasteiger partial charge is 0.320 e. The summed E-state index contributed by atoms with van der Waals surface area (Å²) >= 11 is 5.66. The van der Waals surface area contributed by atoms with Crippen molar-refractivity contribution in [2.75, 3.05) is 0 Å². The summed E-state index contributed by atoms with van der Waals surface area (Å²) in [4.78, 5) is 10.2. The van der Waals surface area contributed by atoms with Gasteiger partial charge in [0.2, 0.25) is 0 Å². The molecule has 0 aromatic carbocycles. The Morgan fingerprint density at radius 2 is 2.30 bits per heavy atom. The van der Waals surface area contributed by atoms with Crippen LogP contribution in [0.3, 0.4) is 0 Å². The molecule has 60 valence electrons. The zero-order chi connectivity index (χ0) is 8.15. The Kier molecular flexibility index (Phi) is 4.40. The largest absolute Gasteiger partial charge is 0.480 e. The molecule has 0 radical (unpaired) electrons. The van der Waals surface area contributed by atoms with Crippen LogP contribution in [0.4, 0.5) is 0 Å². The maximum absolute atomic E-state index is 10.2. The number of carboxylic acids is 1. The maximum atomic E-state index is 10.2. The van der Waals surface area contributed by atoms with E-state index in [0.717, 1.165) is 6.42 Å². The summed E-state index contributed by atoms with van der Waals surface area (Å²) in [5.41, 5.74) is 5.21. The number of aliphatic carboxylic acids is 1. The van der Waals surface area contributed by atoms with Gasteiger partial charge in [-0.3, -0.25) is 4.79 Å². The van der Waals surface area contributed by atoms with Crippen molar-refractivity contribution in [2.24, 2.45) is 5.73 Å². The van der Waals surface area contributed by atoms with E-state index in [-0.39, 0.29) is 5.38 Å². The lowest BCUT2D eigenvalue weighted by Gasteiger charge is -2.08. The van der Waals surface area contributed by atoms with Crippen LogP contribution in [0.1, 0.15) is 19.8 Å². The topological polar surface area (TPSA) is 63.3 Å². The second-order valence-corrected chi connectivity index (χ2v) is 2.80. The summed E-state index contributed by atoms with van der Waals surface area (Å²) in [6.07, 6.45) is 1.09. The SMILES string of the molecule is CCC(Cl)CC(N)C(=O)O. The van der Waals surface area contributed by atoms with Gasteiger partial charge in [0.1, 0.15) is 6.04 Å². The standard InChI is InChI=1S/C6H12ClNO2/c1-2-4(7)3-5(8)6(9)10/h4-5H,2-3,8H2,1H3,(H,9,10). The summed E-state index contributed by atoms with van der Waals surface area (Å²) in [7, 11) is 0. The van der Waals surface area contributed by atoms with Crippen molar-refractivity contribution in [2.45, 2.75) is 31.2 Å². The molecule has 0 fully saturated rings. The van der Waals surface area contributed by atoms with Crippen LogP contribution in [0.2, 0.25) is 0 Å². The Labute approximate surface area is 65.2 Å². The third-order valence-corrected chi connectivity index (χ3v) is 1.76. The molecule has 0 aromatic heterocycles. The minimum atomic E-state index is -0.987. The molecule has 0 rings (SSSR count). The maximum Gasteiger partial charge on any atom is 0.320 e. The highest BCUT2D eigenvalue weighted by atomic mass is 35.5. The van der Waals surface area contributed by atoms with E-state index >= 15 is 0 Å². The fourth-order valence-corrected chi connectivity index (χ4v) is 0.735. The summed E-state index contributed by atoms with van der Waals surface area (Å²) < 4.78 is 0. The lowest BCUT2D eigenvalue weighted by atomic mass is 10.1. The van der Waals surface area contributed by atoms with Crippen molar-refractivity contribution in [1.82, 2.24) is 0 Å². The van der Waals surface area contributed by atoms with E-state index in [1.54, 1.807) is 0 Å². The molecule has 0 aliphatic carbocycles. The van der Waals surface area contributed by atoms with Gasteiger partial charge in [0.05, 0.1) is 0 Å². The molecule has 2 atom stereocenters. The number of rotatable bonds is 4. The fraction of sp³-hybridized carbons (Fsp3) is 0.833. The van der Waals surface area contributed by atoms with Crippen LogP contribution >= 0.6 is 11.6 Å². The van der Waals surface area contributed by atoms with Crippen LogP contribution in [-0.2, 0) is 4.79 Å².